The van der Waals surface area contributed by atoms with E-state index < -0.39 is 5.97 Å². The first-order chi connectivity index (χ1) is 13.2. The van der Waals surface area contributed by atoms with Crippen LogP contribution >= 0.6 is 0 Å². The van der Waals surface area contributed by atoms with Gasteiger partial charge in [0, 0.05) is 16.8 Å². The smallest absolute Gasteiger partial charge is 0.339 e. The number of aryl methyl sites for hydroxylation is 1. The summed E-state index contributed by atoms with van der Waals surface area (Å²) in [4.78, 5) is 29.7. The van der Waals surface area contributed by atoms with Crippen LogP contribution in [0.4, 0.5) is 5.69 Å². The summed E-state index contributed by atoms with van der Waals surface area (Å²) in [5.41, 5.74) is 3.96. The topological polar surface area (TPSA) is 68.3 Å². The lowest BCUT2D eigenvalue weighted by molar-refractivity contribution is -0.119. The second-order valence-corrected chi connectivity index (χ2v) is 6.63. The molecule has 27 heavy (non-hydrogen) atoms. The zero-order valence-corrected chi connectivity index (χ0v) is 14.9. The lowest BCUT2D eigenvalue weighted by Gasteiger charge is -2.19. The minimum atomic E-state index is -0.463. The number of rotatable bonds is 4. The second kappa shape index (κ2) is 7.58. The highest BCUT2D eigenvalue weighted by atomic mass is 16.5. The maximum absolute atomic E-state index is 12.9. The van der Waals surface area contributed by atoms with Crippen molar-refractivity contribution < 1.29 is 14.3 Å². The maximum Gasteiger partial charge on any atom is 0.339 e. The Balaban J connectivity index is 1.56. The van der Waals surface area contributed by atoms with Crippen LogP contribution in [0.25, 0.3) is 10.9 Å². The number of aromatic nitrogens is 1. The Morgan fingerprint density at radius 2 is 1.70 bits per heavy atom. The quantitative estimate of drug-likeness (QED) is 0.716. The van der Waals surface area contributed by atoms with Gasteiger partial charge in [0.25, 0.3) is 5.91 Å². The summed E-state index contributed by atoms with van der Waals surface area (Å²) < 4.78 is 5.36. The molecule has 1 N–H and O–H groups in total. The molecule has 0 saturated carbocycles. The van der Waals surface area contributed by atoms with Crippen LogP contribution in [0.1, 0.15) is 34.5 Å². The number of ether oxygens (including phenoxy) is 1. The normalized spacial score (nSPS) is 13.0. The number of benzene rings is 2. The Hall–Kier alpha value is -3.21. The Morgan fingerprint density at radius 3 is 2.56 bits per heavy atom. The molecule has 1 aliphatic carbocycles. The van der Waals surface area contributed by atoms with Crippen LogP contribution in [-0.4, -0.2) is 23.5 Å². The number of esters is 1. The third-order valence-electron chi connectivity index (χ3n) is 4.77. The molecule has 0 spiro atoms. The molecule has 3 aromatic rings. The summed E-state index contributed by atoms with van der Waals surface area (Å²) in [5.74, 6) is -0.822. The summed E-state index contributed by atoms with van der Waals surface area (Å²) in [7, 11) is 0. The Bertz CT molecular complexity index is 999. The van der Waals surface area contributed by atoms with Gasteiger partial charge < -0.3 is 10.1 Å². The molecule has 0 aliphatic heterocycles. The molecule has 0 unspecified atom stereocenters. The van der Waals surface area contributed by atoms with Crippen molar-refractivity contribution in [3.05, 3.63) is 71.4 Å². The van der Waals surface area contributed by atoms with Crippen molar-refractivity contribution in [1.82, 2.24) is 4.98 Å². The van der Waals surface area contributed by atoms with Crippen LogP contribution in [0.5, 0.6) is 0 Å². The van der Waals surface area contributed by atoms with Crippen LogP contribution in [0.15, 0.2) is 54.6 Å². The first-order valence-corrected chi connectivity index (χ1v) is 9.15. The average molecular weight is 360 g/mol. The predicted octanol–water partition coefficient (Wildman–Crippen LogP) is 3.91. The minimum Gasteiger partial charge on any atom is -0.452 e. The summed E-state index contributed by atoms with van der Waals surface area (Å²) in [6.07, 6.45) is 3.79. The summed E-state index contributed by atoms with van der Waals surface area (Å²) in [5, 5.41) is 3.50. The number of nitrogens with one attached hydrogen (secondary N) is 1. The van der Waals surface area contributed by atoms with E-state index >= 15 is 0 Å². The van der Waals surface area contributed by atoms with E-state index in [2.05, 4.69) is 5.32 Å². The van der Waals surface area contributed by atoms with Crippen molar-refractivity contribution in [3.8, 4) is 0 Å². The standard InChI is InChI=1S/C22H20N2O3/c25-20(23-15-8-2-1-3-9-15)14-27-22(26)21-16-10-4-6-12-18(16)24-19-13-7-5-11-17(19)21/h1-4,6,8-10,12H,5,7,11,13-14H2,(H,23,25). The fraction of sp³-hybridized carbons (Fsp3) is 0.227. The van der Waals surface area contributed by atoms with E-state index in [4.69, 9.17) is 9.72 Å². The van der Waals surface area contributed by atoms with Gasteiger partial charge in [-0.05, 0) is 49.4 Å². The maximum atomic E-state index is 12.9. The van der Waals surface area contributed by atoms with E-state index in [-0.39, 0.29) is 12.5 Å². The lowest BCUT2D eigenvalue weighted by atomic mass is 9.90. The molecule has 1 aromatic heterocycles. The SMILES string of the molecule is O=C(COC(=O)c1c2c(nc3ccccc13)CCCC2)Nc1ccccc1. The van der Waals surface area contributed by atoms with Crippen molar-refractivity contribution in [2.24, 2.45) is 0 Å². The third-order valence-corrected chi connectivity index (χ3v) is 4.77. The molecule has 1 amide bonds. The van der Waals surface area contributed by atoms with Gasteiger partial charge in [0.15, 0.2) is 6.61 Å². The van der Waals surface area contributed by atoms with E-state index in [0.29, 0.717) is 11.3 Å². The number of amides is 1. The monoisotopic (exact) mass is 360 g/mol. The minimum absolute atomic E-state index is 0.320. The zero-order valence-electron chi connectivity index (χ0n) is 14.9. The molecule has 0 fully saturated rings. The Kier molecular flexibility index (Phi) is 4.83. The number of hydrogen-bond donors (Lipinski definition) is 1. The predicted molar refractivity (Wildman–Crippen MR) is 104 cm³/mol. The number of carbonyl (C=O) groups is 2. The number of nitrogens with zero attached hydrogens (tertiary/aromatic N) is 1. The van der Waals surface area contributed by atoms with Crippen molar-refractivity contribution in [3.63, 3.8) is 0 Å². The van der Waals surface area contributed by atoms with Crippen molar-refractivity contribution in [2.45, 2.75) is 25.7 Å². The third kappa shape index (κ3) is 3.67. The molecule has 5 heteroatoms. The summed E-state index contributed by atoms with van der Waals surface area (Å²) >= 11 is 0. The highest BCUT2D eigenvalue weighted by Gasteiger charge is 2.24. The fourth-order valence-corrected chi connectivity index (χ4v) is 3.53. The van der Waals surface area contributed by atoms with Crippen LogP contribution in [0.3, 0.4) is 0 Å². The summed E-state index contributed by atoms with van der Waals surface area (Å²) in [6.45, 7) is -0.320. The van der Waals surface area contributed by atoms with E-state index in [1.807, 2.05) is 42.5 Å². The number of anilines is 1. The van der Waals surface area contributed by atoms with E-state index in [1.54, 1.807) is 12.1 Å². The molecule has 136 valence electrons. The molecule has 1 heterocycles. The molecule has 0 bridgehead atoms. The molecule has 0 radical (unpaired) electrons. The van der Waals surface area contributed by atoms with Gasteiger partial charge in [-0.15, -0.1) is 0 Å². The van der Waals surface area contributed by atoms with Crippen molar-refractivity contribution in [2.75, 3.05) is 11.9 Å². The highest BCUT2D eigenvalue weighted by Crippen LogP contribution is 2.29. The molecule has 2 aromatic carbocycles. The number of carbonyl (C=O) groups excluding carboxylic acids is 2. The van der Waals surface area contributed by atoms with Crippen LogP contribution in [0.2, 0.25) is 0 Å². The second-order valence-electron chi connectivity index (χ2n) is 6.63. The van der Waals surface area contributed by atoms with Gasteiger partial charge >= 0.3 is 5.97 Å². The van der Waals surface area contributed by atoms with Gasteiger partial charge in [-0.25, -0.2) is 4.79 Å². The van der Waals surface area contributed by atoms with Crippen LogP contribution < -0.4 is 5.32 Å². The fourth-order valence-electron chi connectivity index (χ4n) is 3.53. The van der Waals surface area contributed by atoms with E-state index in [9.17, 15) is 9.59 Å². The van der Waals surface area contributed by atoms with Crippen molar-refractivity contribution >= 4 is 28.5 Å². The molecule has 5 nitrogen and oxygen atoms in total. The molecule has 0 saturated heterocycles. The molecule has 0 atom stereocenters. The van der Waals surface area contributed by atoms with Gasteiger partial charge in [-0.3, -0.25) is 9.78 Å². The molecule has 1 aliphatic rings. The van der Waals surface area contributed by atoms with Gasteiger partial charge in [-0.2, -0.15) is 0 Å². The van der Waals surface area contributed by atoms with Crippen molar-refractivity contribution in [1.29, 1.82) is 0 Å². The first kappa shape index (κ1) is 17.2. The zero-order chi connectivity index (χ0) is 18.6. The van der Waals surface area contributed by atoms with Gasteiger partial charge in [0.05, 0.1) is 11.1 Å². The van der Waals surface area contributed by atoms with Gasteiger partial charge in [-0.1, -0.05) is 36.4 Å². The molecular weight excluding hydrogens is 340 g/mol. The number of hydrogen-bond acceptors (Lipinski definition) is 4. The molecular formula is C22H20N2O3. The van der Waals surface area contributed by atoms with Crippen LogP contribution in [0, 0.1) is 0 Å². The van der Waals surface area contributed by atoms with E-state index in [1.165, 1.54) is 0 Å². The van der Waals surface area contributed by atoms with E-state index in [0.717, 1.165) is 47.8 Å². The van der Waals surface area contributed by atoms with Gasteiger partial charge in [0.1, 0.15) is 0 Å². The Morgan fingerprint density at radius 1 is 0.963 bits per heavy atom. The average Bonchev–Trinajstić information content (AvgIpc) is 2.71. The lowest BCUT2D eigenvalue weighted by Crippen LogP contribution is -2.22. The summed E-state index contributed by atoms with van der Waals surface area (Å²) in [6, 6.07) is 16.7. The Labute approximate surface area is 157 Å². The highest BCUT2D eigenvalue weighted by molar-refractivity contribution is 6.06. The first-order valence-electron chi connectivity index (χ1n) is 9.15. The number of para-hydroxylation sites is 2. The van der Waals surface area contributed by atoms with Crippen LogP contribution in [-0.2, 0) is 22.4 Å². The number of fused-ring (bicyclic) bond motifs is 2. The number of pyridine rings is 1. The largest absolute Gasteiger partial charge is 0.452 e. The molecule has 4 rings (SSSR count). The van der Waals surface area contributed by atoms with Gasteiger partial charge in [0.2, 0.25) is 0 Å².